The highest BCUT2D eigenvalue weighted by molar-refractivity contribution is 5.68. The first kappa shape index (κ1) is 10.5. The van der Waals surface area contributed by atoms with Gasteiger partial charge in [0, 0.05) is 12.4 Å². The van der Waals surface area contributed by atoms with E-state index in [0.29, 0.717) is 23.1 Å². The molecule has 0 aromatic carbocycles. The van der Waals surface area contributed by atoms with Crippen molar-refractivity contribution >= 4 is 5.69 Å². The predicted molar refractivity (Wildman–Crippen MR) is 66.0 cm³/mol. The van der Waals surface area contributed by atoms with Crippen LogP contribution in [-0.4, -0.2) is 19.7 Å². The zero-order valence-electron chi connectivity index (χ0n) is 9.74. The standard InChI is InChI=1S/C12H11N5O/c1-8-3-4-10(18-8)11-9(13)7-17(16-11)12-14-5-2-6-15-12/h2-7H,13H2,1H3. The summed E-state index contributed by atoms with van der Waals surface area (Å²) in [5.74, 6) is 1.92. The molecule has 0 amide bonds. The van der Waals surface area contributed by atoms with Crippen LogP contribution in [0.4, 0.5) is 5.69 Å². The van der Waals surface area contributed by atoms with Gasteiger partial charge in [-0.15, -0.1) is 0 Å². The van der Waals surface area contributed by atoms with E-state index in [2.05, 4.69) is 15.1 Å². The Kier molecular flexibility index (Phi) is 2.33. The molecule has 0 bridgehead atoms. The fraction of sp³-hybridized carbons (Fsp3) is 0.0833. The second kappa shape index (κ2) is 3.99. The molecule has 0 saturated carbocycles. The van der Waals surface area contributed by atoms with Gasteiger partial charge in [-0.25, -0.2) is 14.6 Å². The minimum atomic E-state index is 0.471. The van der Waals surface area contributed by atoms with Crippen LogP contribution >= 0.6 is 0 Å². The van der Waals surface area contributed by atoms with E-state index in [1.54, 1.807) is 24.7 Å². The Morgan fingerprint density at radius 3 is 2.67 bits per heavy atom. The largest absolute Gasteiger partial charge is 0.460 e. The van der Waals surface area contributed by atoms with Crippen molar-refractivity contribution in [3.8, 4) is 17.4 Å². The molecule has 0 aliphatic rings. The minimum Gasteiger partial charge on any atom is -0.460 e. The van der Waals surface area contributed by atoms with Crippen LogP contribution in [0.25, 0.3) is 17.4 Å². The maximum absolute atomic E-state index is 5.92. The number of hydrogen-bond donors (Lipinski definition) is 1. The van der Waals surface area contributed by atoms with Gasteiger partial charge in [0.2, 0.25) is 0 Å². The third-order valence-corrected chi connectivity index (χ3v) is 2.47. The number of nitrogens with zero attached hydrogens (tertiary/aromatic N) is 4. The molecule has 3 rings (SSSR count). The smallest absolute Gasteiger partial charge is 0.250 e. The van der Waals surface area contributed by atoms with Crippen LogP contribution in [0.15, 0.2) is 41.2 Å². The Balaban J connectivity index is 2.06. The van der Waals surface area contributed by atoms with Crippen molar-refractivity contribution in [2.45, 2.75) is 6.92 Å². The number of aromatic nitrogens is 4. The van der Waals surface area contributed by atoms with Gasteiger partial charge in [-0.05, 0) is 25.1 Å². The number of anilines is 1. The van der Waals surface area contributed by atoms with Gasteiger partial charge in [-0.2, -0.15) is 5.10 Å². The molecule has 18 heavy (non-hydrogen) atoms. The first-order chi connectivity index (χ1) is 8.74. The van der Waals surface area contributed by atoms with Crippen molar-refractivity contribution in [2.75, 3.05) is 5.73 Å². The van der Waals surface area contributed by atoms with Gasteiger partial charge < -0.3 is 10.2 Å². The molecular weight excluding hydrogens is 230 g/mol. The van der Waals surface area contributed by atoms with Crippen LogP contribution in [0.5, 0.6) is 0 Å². The fourth-order valence-electron chi connectivity index (χ4n) is 1.65. The summed E-state index contributed by atoms with van der Waals surface area (Å²) in [5.41, 5.74) is 7.04. The first-order valence-corrected chi connectivity index (χ1v) is 5.43. The molecule has 3 aromatic rings. The SMILES string of the molecule is Cc1ccc(-c2nn(-c3ncccn3)cc2N)o1. The lowest BCUT2D eigenvalue weighted by molar-refractivity contribution is 0.545. The molecule has 90 valence electrons. The molecule has 6 heteroatoms. The van der Waals surface area contributed by atoms with Crippen LogP contribution in [-0.2, 0) is 0 Å². The molecule has 2 N–H and O–H groups in total. The van der Waals surface area contributed by atoms with E-state index in [9.17, 15) is 0 Å². The van der Waals surface area contributed by atoms with Gasteiger partial charge in [-0.1, -0.05) is 0 Å². The Bertz CT molecular complexity index is 671. The van der Waals surface area contributed by atoms with Crippen LogP contribution in [0, 0.1) is 6.92 Å². The molecule has 0 atom stereocenters. The van der Waals surface area contributed by atoms with Crippen molar-refractivity contribution < 1.29 is 4.42 Å². The summed E-state index contributed by atoms with van der Waals surface area (Å²) in [4.78, 5) is 8.21. The highest BCUT2D eigenvalue weighted by Gasteiger charge is 2.13. The van der Waals surface area contributed by atoms with Gasteiger partial charge in [0.1, 0.15) is 5.76 Å². The monoisotopic (exact) mass is 241 g/mol. The number of furan rings is 1. The number of nitrogens with two attached hydrogens (primary N) is 1. The normalized spacial score (nSPS) is 10.7. The number of aryl methyl sites for hydroxylation is 1. The van der Waals surface area contributed by atoms with Crippen LogP contribution in [0.2, 0.25) is 0 Å². The highest BCUT2D eigenvalue weighted by atomic mass is 16.3. The van der Waals surface area contributed by atoms with Crippen LogP contribution < -0.4 is 5.73 Å². The molecule has 0 aliphatic heterocycles. The molecule has 0 radical (unpaired) electrons. The van der Waals surface area contributed by atoms with Crippen molar-refractivity contribution in [2.24, 2.45) is 0 Å². The van der Waals surface area contributed by atoms with E-state index in [0.717, 1.165) is 5.76 Å². The molecule has 3 aromatic heterocycles. The molecule has 0 saturated heterocycles. The zero-order valence-corrected chi connectivity index (χ0v) is 9.74. The van der Waals surface area contributed by atoms with Crippen molar-refractivity contribution in [1.82, 2.24) is 19.7 Å². The number of hydrogen-bond acceptors (Lipinski definition) is 5. The maximum atomic E-state index is 5.92. The average molecular weight is 241 g/mol. The van der Waals surface area contributed by atoms with Crippen molar-refractivity contribution in [3.05, 3.63) is 42.5 Å². The summed E-state index contributed by atoms with van der Waals surface area (Å²) in [6.07, 6.45) is 4.97. The van der Waals surface area contributed by atoms with Gasteiger partial charge >= 0.3 is 0 Å². The van der Waals surface area contributed by atoms with Gasteiger partial charge in [0.25, 0.3) is 5.95 Å². The van der Waals surface area contributed by atoms with E-state index in [-0.39, 0.29) is 0 Å². The molecule has 0 unspecified atom stereocenters. The average Bonchev–Trinajstić information content (AvgIpc) is 2.97. The lowest BCUT2D eigenvalue weighted by Crippen LogP contribution is -2.00. The van der Waals surface area contributed by atoms with E-state index >= 15 is 0 Å². The third kappa shape index (κ3) is 1.73. The summed E-state index contributed by atoms with van der Waals surface area (Å²) in [6, 6.07) is 5.45. The molecule has 6 nitrogen and oxygen atoms in total. The predicted octanol–water partition coefficient (Wildman–Crippen LogP) is 1.81. The fourth-order valence-corrected chi connectivity index (χ4v) is 1.65. The highest BCUT2D eigenvalue weighted by Crippen LogP contribution is 2.26. The quantitative estimate of drug-likeness (QED) is 0.739. The van der Waals surface area contributed by atoms with E-state index in [1.807, 2.05) is 19.1 Å². The van der Waals surface area contributed by atoms with Gasteiger partial charge in [-0.3, -0.25) is 0 Å². The van der Waals surface area contributed by atoms with E-state index in [1.165, 1.54) is 4.68 Å². The van der Waals surface area contributed by atoms with E-state index in [4.69, 9.17) is 10.2 Å². The zero-order chi connectivity index (χ0) is 12.5. The lowest BCUT2D eigenvalue weighted by Gasteiger charge is -1.96. The molecular formula is C12H11N5O. The summed E-state index contributed by atoms with van der Waals surface area (Å²) in [7, 11) is 0. The number of nitrogen functional groups attached to an aromatic ring is 1. The molecule has 0 fully saturated rings. The Morgan fingerprint density at radius 1 is 1.22 bits per heavy atom. The third-order valence-electron chi connectivity index (χ3n) is 2.47. The van der Waals surface area contributed by atoms with E-state index < -0.39 is 0 Å². The van der Waals surface area contributed by atoms with Gasteiger partial charge in [0.05, 0.1) is 11.9 Å². The Morgan fingerprint density at radius 2 is 2.00 bits per heavy atom. The van der Waals surface area contributed by atoms with Crippen molar-refractivity contribution in [3.63, 3.8) is 0 Å². The van der Waals surface area contributed by atoms with Crippen LogP contribution in [0.1, 0.15) is 5.76 Å². The molecule has 3 heterocycles. The second-order valence-electron chi connectivity index (χ2n) is 3.84. The van der Waals surface area contributed by atoms with Gasteiger partial charge in [0.15, 0.2) is 11.5 Å². The summed E-state index contributed by atoms with van der Waals surface area (Å²) >= 11 is 0. The maximum Gasteiger partial charge on any atom is 0.250 e. The number of rotatable bonds is 2. The first-order valence-electron chi connectivity index (χ1n) is 5.43. The molecule has 0 spiro atoms. The molecule has 0 aliphatic carbocycles. The van der Waals surface area contributed by atoms with Crippen molar-refractivity contribution in [1.29, 1.82) is 0 Å². The lowest BCUT2D eigenvalue weighted by atomic mass is 10.3. The minimum absolute atomic E-state index is 0.471. The second-order valence-corrected chi connectivity index (χ2v) is 3.84. The Hall–Kier alpha value is -2.63. The Labute approximate surface area is 103 Å². The summed E-state index contributed by atoms with van der Waals surface area (Å²) in [6.45, 7) is 1.87. The van der Waals surface area contributed by atoms with Crippen LogP contribution in [0.3, 0.4) is 0 Å². The summed E-state index contributed by atoms with van der Waals surface area (Å²) < 4.78 is 7.03. The summed E-state index contributed by atoms with van der Waals surface area (Å²) in [5, 5.41) is 4.34. The topological polar surface area (TPSA) is 82.8 Å².